The van der Waals surface area contributed by atoms with Gasteiger partial charge in [0.1, 0.15) is 0 Å². The zero-order chi connectivity index (χ0) is 27.8. The van der Waals surface area contributed by atoms with E-state index in [2.05, 4.69) is 11.7 Å². The molecule has 8 heteroatoms. The van der Waals surface area contributed by atoms with E-state index in [0.29, 0.717) is 0 Å². The first-order chi connectivity index (χ1) is 18.0. The first kappa shape index (κ1) is 31.5. The zero-order valence-electron chi connectivity index (χ0n) is 22.7. The summed E-state index contributed by atoms with van der Waals surface area (Å²) in [5, 5.41) is 0. The molecule has 1 unspecified atom stereocenters. The van der Waals surface area contributed by atoms with E-state index in [0.717, 1.165) is 49.0 Å². The minimum Gasteiger partial charge on any atom is -0.308 e. The fraction of sp³-hybridized carbons (Fsp3) is 0.867. The third kappa shape index (κ3) is 8.00. The second-order valence-electron chi connectivity index (χ2n) is 11.8. The molecular weight excluding hydrogens is 509 g/mol. The summed E-state index contributed by atoms with van der Waals surface area (Å²) in [7, 11) is 0. The molecule has 3 rings (SSSR count). The van der Waals surface area contributed by atoms with Gasteiger partial charge in [-0.1, -0.05) is 82.9 Å². The molecule has 0 amide bonds. The highest BCUT2D eigenvalue weighted by molar-refractivity contribution is 5.27. The number of allylic oxidation sites excluding steroid dienone is 2. The molecule has 2 saturated carbocycles. The van der Waals surface area contributed by atoms with Crippen molar-refractivity contribution < 1.29 is 35.5 Å². The van der Waals surface area contributed by atoms with Crippen molar-refractivity contribution in [2.75, 3.05) is 6.67 Å². The summed E-state index contributed by atoms with van der Waals surface area (Å²) in [6, 6.07) is 0. The van der Waals surface area contributed by atoms with Crippen molar-refractivity contribution in [3.05, 3.63) is 23.8 Å². The van der Waals surface area contributed by atoms with E-state index < -0.39 is 30.7 Å². The van der Waals surface area contributed by atoms with Crippen LogP contribution in [0.1, 0.15) is 110 Å². The summed E-state index contributed by atoms with van der Waals surface area (Å²) in [5.41, 5.74) is 0.968. The van der Waals surface area contributed by atoms with Crippen LogP contribution in [0.5, 0.6) is 0 Å². The molecule has 0 heterocycles. The molecule has 38 heavy (non-hydrogen) atoms. The van der Waals surface area contributed by atoms with Crippen LogP contribution in [0.15, 0.2) is 23.8 Å². The first-order valence-corrected chi connectivity index (χ1v) is 14.8. The number of halogens is 7. The van der Waals surface area contributed by atoms with Gasteiger partial charge in [0.25, 0.3) is 0 Å². The van der Waals surface area contributed by atoms with Crippen LogP contribution in [0.3, 0.4) is 0 Å². The lowest BCUT2D eigenvalue weighted by molar-refractivity contribution is -0.405. The largest absolute Gasteiger partial charge is 0.426 e. The molecule has 3 aliphatic carbocycles. The minimum absolute atomic E-state index is 0.110. The predicted octanol–water partition coefficient (Wildman–Crippen LogP) is 10.5. The number of rotatable bonds is 14. The second-order valence-corrected chi connectivity index (χ2v) is 11.8. The van der Waals surface area contributed by atoms with E-state index in [-0.39, 0.29) is 12.3 Å². The topological polar surface area (TPSA) is 9.23 Å². The van der Waals surface area contributed by atoms with Gasteiger partial charge in [-0.25, -0.2) is 4.39 Å². The Morgan fingerprint density at radius 2 is 1.37 bits per heavy atom. The number of unbranched alkanes of at least 4 members (excludes halogenated alkanes) is 5. The standard InChI is InChI=1S/C30H45F7O/c1-2-3-4-5-6-7-8-22-9-11-23(12-10-22)24-13-15-25(16-14-24)26-17-19-27(20-18-26)38-30(36,37)29(34,35)28(32,33)21-31/h17-19,22-25,27H,2-16,20-21H2,1H3. The number of ether oxygens (including phenoxy) is 1. The van der Waals surface area contributed by atoms with Crippen molar-refractivity contribution in [3.63, 3.8) is 0 Å². The van der Waals surface area contributed by atoms with Gasteiger partial charge in [0, 0.05) is 0 Å². The molecule has 0 bridgehead atoms. The summed E-state index contributed by atoms with van der Waals surface area (Å²) in [6.07, 6.45) is 16.5. The van der Waals surface area contributed by atoms with Gasteiger partial charge in [0.05, 0.1) is 6.10 Å². The molecule has 2 fully saturated rings. The van der Waals surface area contributed by atoms with Crippen LogP contribution in [-0.4, -0.2) is 30.7 Å². The van der Waals surface area contributed by atoms with Gasteiger partial charge in [0.15, 0.2) is 6.67 Å². The molecule has 0 aromatic carbocycles. The third-order valence-corrected chi connectivity index (χ3v) is 9.15. The second kappa shape index (κ2) is 14.0. The Labute approximate surface area is 223 Å². The van der Waals surface area contributed by atoms with Crippen molar-refractivity contribution in [2.24, 2.45) is 23.7 Å². The molecule has 0 aliphatic heterocycles. The average Bonchev–Trinajstić information content (AvgIpc) is 2.91. The van der Waals surface area contributed by atoms with Crippen LogP contribution in [0, 0.1) is 23.7 Å². The average molecular weight is 555 g/mol. The highest BCUT2D eigenvalue weighted by atomic mass is 19.4. The smallest absolute Gasteiger partial charge is 0.308 e. The Hall–Kier alpha value is -1.05. The zero-order valence-corrected chi connectivity index (χ0v) is 22.7. The number of hydrogen-bond donors (Lipinski definition) is 0. The Bertz CT molecular complexity index is 763. The van der Waals surface area contributed by atoms with Crippen molar-refractivity contribution in [1.29, 1.82) is 0 Å². The molecule has 0 radical (unpaired) electrons. The summed E-state index contributed by atoms with van der Waals surface area (Å²) in [5.74, 6) is -8.78. The van der Waals surface area contributed by atoms with Crippen LogP contribution in [0.25, 0.3) is 0 Å². The molecular formula is C30H45F7O. The van der Waals surface area contributed by atoms with Crippen LogP contribution >= 0.6 is 0 Å². The van der Waals surface area contributed by atoms with Gasteiger partial charge < -0.3 is 4.74 Å². The summed E-state index contributed by atoms with van der Waals surface area (Å²) in [4.78, 5) is 0. The highest BCUT2D eigenvalue weighted by Gasteiger charge is 2.73. The SMILES string of the molecule is CCCCCCCCC1CCC(C2CCC(C3=CCC(OC(F)(F)C(F)(F)C(F)(F)CF)C=C3)CC2)CC1. The molecule has 220 valence electrons. The van der Waals surface area contributed by atoms with E-state index in [1.54, 1.807) is 12.2 Å². The summed E-state index contributed by atoms with van der Waals surface area (Å²) in [6.45, 7) is -0.651. The Morgan fingerprint density at radius 1 is 0.789 bits per heavy atom. The molecule has 0 aromatic heterocycles. The molecule has 0 N–H and O–H groups in total. The fourth-order valence-corrected chi connectivity index (χ4v) is 6.65. The molecule has 1 nitrogen and oxygen atoms in total. The maximum atomic E-state index is 13.8. The van der Waals surface area contributed by atoms with E-state index in [1.165, 1.54) is 76.7 Å². The predicted molar refractivity (Wildman–Crippen MR) is 136 cm³/mol. The summed E-state index contributed by atoms with van der Waals surface area (Å²) >= 11 is 0. The minimum atomic E-state index is -5.95. The first-order valence-electron chi connectivity index (χ1n) is 14.8. The lowest BCUT2D eigenvalue weighted by atomic mass is 9.67. The Balaban J connectivity index is 1.37. The van der Waals surface area contributed by atoms with Crippen molar-refractivity contribution >= 4 is 0 Å². The van der Waals surface area contributed by atoms with Gasteiger partial charge >= 0.3 is 18.0 Å². The Morgan fingerprint density at radius 3 is 1.92 bits per heavy atom. The number of hydrogen-bond acceptors (Lipinski definition) is 1. The third-order valence-electron chi connectivity index (χ3n) is 9.15. The van der Waals surface area contributed by atoms with Gasteiger partial charge in [-0.15, -0.1) is 0 Å². The van der Waals surface area contributed by atoms with Gasteiger partial charge in [-0.05, 0) is 74.2 Å². The van der Waals surface area contributed by atoms with Crippen LogP contribution in [0.2, 0.25) is 0 Å². The molecule has 0 saturated heterocycles. The van der Waals surface area contributed by atoms with Crippen molar-refractivity contribution in [2.45, 2.75) is 134 Å². The monoisotopic (exact) mass is 554 g/mol. The lowest BCUT2D eigenvalue weighted by Gasteiger charge is -2.38. The molecule has 0 aromatic rings. The van der Waals surface area contributed by atoms with Gasteiger partial charge in [0.2, 0.25) is 0 Å². The maximum absolute atomic E-state index is 13.8. The lowest BCUT2D eigenvalue weighted by Crippen LogP contribution is -2.57. The van der Waals surface area contributed by atoms with Crippen molar-refractivity contribution in [3.8, 4) is 0 Å². The van der Waals surface area contributed by atoms with E-state index in [9.17, 15) is 30.7 Å². The van der Waals surface area contributed by atoms with E-state index in [4.69, 9.17) is 0 Å². The van der Waals surface area contributed by atoms with Crippen LogP contribution in [-0.2, 0) is 4.74 Å². The van der Waals surface area contributed by atoms with Gasteiger partial charge in [-0.3, -0.25) is 0 Å². The molecule has 0 spiro atoms. The molecule has 3 aliphatic rings. The molecule has 1 atom stereocenters. The highest BCUT2D eigenvalue weighted by Crippen LogP contribution is 2.48. The normalized spacial score (nSPS) is 29.4. The maximum Gasteiger partial charge on any atom is 0.426 e. The quantitative estimate of drug-likeness (QED) is 0.153. The van der Waals surface area contributed by atoms with E-state index in [1.807, 2.05) is 0 Å². The summed E-state index contributed by atoms with van der Waals surface area (Å²) < 4.78 is 97.1. The number of alkyl halides is 7. The van der Waals surface area contributed by atoms with Crippen LogP contribution < -0.4 is 0 Å². The fourth-order valence-electron chi connectivity index (χ4n) is 6.65. The van der Waals surface area contributed by atoms with Crippen molar-refractivity contribution in [1.82, 2.24) is 0 Å². The Kier molecular flexibility index (Phi) is 11.6. The van der Waals surface area contributed by atoms with E-state index >= 15 is 0 Å². The van der Waals surface area contributed by atoms with Gasteiger partial charge in [-0.2, -0.15) is 26.3 Å². The van der Waals surface area contributed by atoms with Crippen LogP contribution in [0.4, 0.5) is 30.7 Å².